The molecule has 26 heavy (non-hydrogen) atoms. The van der Waals surface area contributed by atoms with Crippen LogP contribution in [0.2, 0.25) is 0 Å². The van der Waals surface area contributed by atoms with Crippen LogP contribution in [0.25, 0.3) is 10.9 Å². The van der Waals surface area contributed by atoms with Crippen LogP contribution in [0.1, 0.15) is 25.7 Å². The van der Waals surface area contributed by atoms with Gasteiger partial charge in [-0.1, -0.05) is 24.6 Å². The van der Waals surface area contributed by atoms with Crippen molar-refractivity contribution in [2.24, 2.45) is 0 Å². The van der Waals surface area contributed by atoms with E-state index in [1.165, 1.54) is 0 Å². The fraction of sp³-hybridized carbons (Fsp3) is 0.526. The van der Waals surface area contributed by atoms with Crippen LogP contribution < -0.4 is 4.90 Å². The van der Waals surface area contributed by atoms with E-state index < -0.39 is 10.2 Å². The van der Waals surface area contributed by atoms with Gasteiger partial charge in [0.25, 0.3) is 10.2 Å². The molecule has 0 N–H and O–H groups in total. The fourth-order valence-corrected chi connectivity index (χ4v) is 5.56. The minimum absolute atomic E-state index is 0.521. The number of hydrogen-bond acceptors (Lipinski definition) is 4. The molecule has 2 aliphatic heterocycles. The largest absolute Gasteiger partial charge is 0.355 e. The Kier molecular flexibility index (Phi) is 5.11. The summed E-state index contributed by atoms with van der Waals surface area (Å²) in [6, 6.07) is 12.2. The summed E-state index contributed by atoms with van der Waals surface area (Å²) < 4.78 is 29.2. The number of pyridine rings is 1. The summed E-state index contributed by atoms with van der Waals surface area (Å²) in [5, 5.41) is 1.13. The molecule has 0 aliphatic carbocycles. The summed E-state index contributed by atoms with van der Waals surface area (Å²) in [7, 11) is -3.33. The first-order chi connectivity index (χ1) is 12.6. The predicted molar refractivity (Wildman–Crippen MR) is 104 cm³/mol. The number of rotatable bonds is 3. The highest BCUT2D eigenvalue weighted by Crippen LogP contribution is 2.22. The van der Waals surface area contributed by atoms with E-state index in [0.29, 0.717) is 32.7 Å². The third-order valence-electron chi connectivity index (χ3n) is 5.33. The summed E-state index contributed by atoms with van der Waals surface area (Å²) in [6.45, 7) is 3.94. The van der Waals surface area contributed by atoms with Crippen molar-refractivity contribution in [2.75, 3.05) is 44.2 Å². The molecule has 2 saturated heterocycles. The molecule has 0 saturated carbocycles. The van der Waals surface area contributed by atoms with Gasteiger partial charge in [-0.2, -0.15) is 17.0 Å². The van der Waals surface area contributed by atoms with Crippen molar-refractivity contribution in [3.8, 4) is 0 Å². The first-order valence-corrected chi connectivity index (χ1v) is 10.9. The molecular formula is C19H26N4O2S. The van der Waals surface area contributed by atoms with Crippen LogP contribution in [-0.2, 0) is 10.2 Å². The van der Waals surface area contributed by atoms with Gasteiger partial charge < -0.3 is 4.90 Å². The van der Waals surface area contributed by atoms with Crippen molar-refractivity contribution < 1.29 is 8.42 Å². The zero-order valence-electron chi connectivity index (χ0n) is 15.0. The van der Waals surface area contributed by atoms with Crippen molar-refractivity contribution in [3.63, 3.8) is 0 Å². The number of fused-ring (bicyclic) bond motifs is 1. The van der Waals surface area contributed by atoms with Crippen LogP contribution >= 0.6 is 0 Å². The number of anilines is 1. The molecule has 0 bridgehead atoms. The highest BCUT2D eigenvalue weighted by atomic mass is 32.2. The van der Waals surface area contributed by atoms with E-state index >= 15 is 0 Å². The van der Waals surface area contributed by atoms with Gasteiger partial charge in [0.1, 0.15) is 5.82 Å². The smallest absolute Gasteiger partial charge is 0.282 e. The Labute approximate surface area is 155 Å². The normalized spacial score (nSPS) is 21.0. The van der Waals surface area contributed by atoms with Gasteiger partial charge in [-0.25, -0.2) is 4.98 Å². The van der Waals surface area contributed by atoms with E-state index in [1.54, 1.807) is 8.61 Å². The van der Waals surface area contributed by atoms with E-state index in [2.05, 4.69) is 17.0 Å². The Balaban J connectivity index is 1.48. The molecule has 4 rings (SSSR count). The van der Waals surface area contributed by atoms with Crippen LogP contribution in [0.5, 0.6) is 0 Å². The first kappa shape index (κ1) is 17.7. The van der Waals surface area contributed by atoms with Crippen molar-refractivity contribution in [3.05, 3.63) is 36.4 Å². The zero-order chi connectivity index (χ0) is 18.0. The molecule has 6 nitrogen and oxygen atoms in total. The van der Waals surface area contributed by atoms with E-state index in [-0.39, 0.29) is 0 Å². The van der Waals surface area contributed by atoms with Gasteiger partial charge in [0.2, 0.25) is 0 Å². The Morgan fingerprint density at radius 2 is 1.46 bits per heavy atom. The van der Waals surface area contributed by atoms with Gasteiger partial charge in [0.15, 0.2) is 0 Å². The molecule has 0 atom stereocenters. The van der Waals surface area contributed by atoms with Crippen molar-refractivity contribution in [1.82, 2.24) is 13.6 Å². The molecular weight excluding hydrogens is 348 g/mol. The van der Waals surface area contributed by atoms with Crippen LogP contribution in [0.4, 0.5) is 5.82 Å². The highest BCUT2D eigenvalue weighted by molar-refractivity contribution is 7.86. The Bertz CT molecular complexity index is 865. The van der Waals surface area contributed by atoms with Gasteiger partial charge in [0, 0.05) is 44.7 Å². The second kappa shape index (κ2) is 7.50. The van der Waals surface area contributed by atoms with E-state index in [4.69, 9.17) is 4.98 Å². The predicted octanol–water partition coefficient (Wildman–Crippen LogP) is 2.48. The molecule has 2 aliphatic rings. The molecule has 1 aromatic carbocycles. The maximum Gasteiger partial charge on any atom is 0.282 e. The third-order valence-corrected chi connectivity index (χ3v) is 7.37. The molecule has 7 heteroatoms. The van der Waals surface area contributed by atoms with Crippen molar-refractivity contribution in [1.29, 1.82) is 0 Å². The summed E-state index contributed by atoms with van der Waals surface area (Å²) in [5.74, 6) is 0.931. The maximum atomic E-state index is 12.9. The van der Waals surface area contributed by atoms with Crippen LogP contribution in [0, 0.1) is 0 Å². The number of piperidine rings is 1. The van der Waals surface area contributed by atoms with Gasteiger partial charge >= 0.3 is 0 Å². The number of benzene rings is 1. The van der Waals surface area contributed by atoms with E-state index in [1.807, 2.05) is 24.3 Å². The van der Waals surface area contributed by atoms with Gasteiger partial charge in [-0.05, 0) is 37.5 Å². The van der Waals surface area contributed by atoms with E-state index in [0.717, 1.165) is 48.9 Å². The third kappa shape index (κ3) is 3.56. The fourth-order valence-electron chi connectivity index (χ4n) is 3.84. The number of nitrogens with zero attached hydrogens (tertiary/aromatic N) is 4. The van der Waals surface area contributed by atoms with Crippen LogP contribution in [0.3, 0.4) is 0 Å². The Hall–Kier alpha value is -1.70. The summed E-state index contributed by atoms with van der Waals surface area (Å²) in [4.78, 5) is 6.97. The molecule has 2 aromatic rings. The molecule has 140 valence electrons. The first-order valence-electron chi connectivity index (χ1n) is 9.50. The molecule has 0 radical (unpaired) electrons. The standard InChI is InChI=1S/C19H26N4O2S/c24-26(25,22-12-4-1-5-13-22)23-14-6-11-21(15-16-23)19-10-9-17-7-2-3-8-18(17)20-19/h2-3,7-10H,1,4-6,11-16H2. The number of aromatic nitrogens is 1. The lowest BCUT2D eigenvalue weighted by Crippen LogP contribution is -2.47. The molecule has 2 fully saturated rings. The summed E-state index contributed by atoms with van der Waals surface area (Å²) in [6.07, 6.45) is 3.90. The minimum Gasteiger partial charge on any atom is -0.355 e. The Morgan fingerprint density at radius 1 is 0.731 bits per heavy atom. The summed E-state index contributed by atoms with van der Waals surface area (Å²) in [5.41, 5.74) is 0.979. The van der Waals surface area contributed by atoms with Gasteiger partial charge in [-0.3, -0.25) is 0 Å². The van der Waals surface area contributed by atoms with Gasteiger partial charge in [0.05, 0.1) is 5.52 Å². The monoisotopic (exact) mass is 374 g/mol. The SMILES string of the molecule is O=S(=O)(N1CCCCC1)N1CCCN(c2ccc3ccccc3n2)CC1. The van der Waals surface area contributed by atoms with Gasteiger partial charge in [-0.15, -0.1) is 0 Å². The van der Waals surface area contributed by atoms with E-state index in [9.17, 15) is 8.42 Å². The van der Waals surface area contributed by atoms with Crippen molar-refractivity contribution in [2.45, 2.75) is 25.7 Å². The van der Waals surface area contributed by atoms with Crippen LogP contribution in [-0.4, -0.2) is 61.3 Å². The van der Waals surface area contributed by atoms with Crippen LogP contribution in [0.15, 0.2) is 36.4 Å². The zero-order valence-corrected chi connectivity index (χ0v) is 15.9. The second-order valence-electron chi connectivity index (χ2n) is 7.07. The number of hydrogen-bond donors (Lipinski definition) is 0. The topological polar surface area (TPSA) is 56.8 Å². The molecule has 1 aromatic heterocycles. The Morgan fingerprint density at radius 3 is 2.31 bits per heavy atom. The maximum absolute atomic E-state index is 12.9. The molecule has 0 amide bonds. The number of para-hydroxylation sites is 1. The average molecular weight is 375 g/mol. The summed E-state index contributed by atoms with van der Waals surface area (Å²) >= 11 is 0. The highest BCUT2D eigenvalue weighted by Gasteiger charge is 2.32. The molecule has 0 spiro atoms. The average Bonchev–Trinajstić information content (AvgIpc) is 2.95. The lowest BCUT2D eigenvalue weighted by atomic mass is 10.2. The quantitative estimate of drug-likeness (QED) is 0.828. The lowest BCUT2D eigenvalue weighted by Gasteiger charge is -2.31. The molecule has 0 unspecified atom stereocenters. The lowest BCUT2D eigenvalue weighted by molar-refractivity contribution is 0.307. The second-order valence-corrected chi connectivity index (χ2v) is 9.00. The minimum atomic E-state index is -3.33. The molecule has 3 heterocycles. The van der Waals surface area contributed by atoms with Crippen molar-refractivity contribution >= 4 is 26.9 Å².